The number of amides is 1. The minimum atomic E-state index is -3.71. The lowest BCUT2D eigenvalue weighted by molar-refractivity contribution is -0.167. The molecule has 2 fully saturated rings. The second-order valence-corrected chi connectivity index (χ2v) is 6.35. The Kier molecular flexibility index (Phi) is 4.08. The molecule has 6 heteroatoms. The summed E-state index contributed by atoms with van der Waals surface area (Å²) in [6, 6.07) is 5.34. The Morgan fingerprint density at radius 3 is 2.43 bits per heavy atom. The van der Waals surface area contributed by atoms with Gasteiger partial charge in [0.15, 0.2) is 0 Å². The average molecular weight is 323 g/mol. The number of carbonyl (C=O) groups excluding carboxylic acids is 1. The number of rotatable bonds is 3. The van der Waals surface area contributed by atoms with Crippen molar-refractivity contribution in [3.63, 3.8) is 0 Å². The summed E-state index contributed by atoms with van der Waals surface area (Å²) in [5.41, 5.74) is -0.395. The molecule has 1 amide bonds. The lowest BCUT2D eigenvalue weighted by atomic mass is 9.84. The molecule has 3 rings (SSSR count). The zero-order valence-corrected chi connectivity index (χ0v) is 12.6. The van der Waals surface area contributed by atoms with E-state index >= 15 is 0 Å². The fourth-order valence-electron chi connectivity index (χ4n) is 3.91. The minimum absolute atomic E-state index is 0.0142. The molecule has 0 aromatic heterocycles. The molecule has 1 aromatic carbocycles. The molecule has 0 radical (unpaired) electrons. The summed E-state index contributed by atoms with van der Waals surface area (Å²) in [7, 11) is 0. The lowest BCUT2D eigenvalue weighted by Gasteiger charge is -2.35. The van der Waals surface area contributed by atoms with Crippen molar-refractivity contribution >= 4 is 11.9 Å². The standard InChI is InChI=1S/C17H19F2NO3/c18-17(19,12-7-2-1-3-8-12)16(23)20-13-9-5-4-6-11(13)10-14(20)15(21)22/h1-3,7-8,11,13-14H,4-6,9-10H2,(H,21,22). The second-order valence-electron chi connectivity index (χ2n) is 6.35. The Morgan fingerprint density at radius 2 is 1.78 bits per heavy atom. The summed E-state index contributed by atoms with van der Waals surface area (Å²) in [5.74, 6) is -6.27. The van der Waals surface area contributed by atoms with E-state index in [9.17, 15) is 23.5 Å². The Bertz CT molecular complexity index is 605. The summed E-state index contributed by atoms with van der Waals surface area (Å²) in [6.07, 6.45) is 3.48. The van der Waals surface area contributed by atoms with Crippen LogP contribution in [-0.2, 0) is 15.5 Å². The van der Waals surface area contributed by atoms with Crippen LogP contribution in [0.25, 0.3) is 0 Å². The molecule has 1 aliphatic carbocycles. The quantitative estimate of drug-likeness (QED) is 0.930. The van der Waals surface area contributed by atoms with E-state index < -0.39 is 29.4 Å². The minimum Gasteiger partial charge on any atom is -0.480 e. The van der Waals surface area contributed by atoms with Crippen molar-refractivity contribution in [3.05, 3.63) is 35.9 Å². The highest BCUT2D eigenvalue weighted by atomic mass is 19.3. The Balaban J connectivity index is 1.93. The molecule has 1 aliphatic heterocycles. The van der Waals surface area contributed by atoms with Gasteiger partial charge in [-0.05, 0) is 25.2 Å². The number of hydrogen-bond acceptors (Lipinski definition) is 2. The number of carboxylic acids is 1. The van der Waals surface area contributed by atoms with Gasteiger partial charge in [0.1, 0.15) is 6.04 Å². The molecule has 0 bridgehead atoms. The zero-order valence-electron chi connectivity index (χ0n) is 12.6. The Morgan fingerprint density at radius 1 is 1.13 bits per heavy atom. The summed E-state index contributed by atoms with van der Waals surface area (Å²) < 4.78 is 29.2. The van der Waals surface area contributed by atoms with Crippen LogP contribution in [0.5, 0.6) is 0 Å². The van der Waals surface area contributed by atoms with Gasteiger partial charge in [0, 0.05) is 11.6 Å². The number of halogens is 2. The highest BCUT2D eigenvalue weighted by molar-refractivity contribution is 5.90. The van der Waals surface area contributed by atoms with Crippen molar-refractivity contribution in [2.45, 2.75) is 50.1 Å². The first kappa shape index (κ1) is 15.9. The van der Waals surface area contributed by atoms with Crippen molar-refractivity contribution in [1.82, 2.24) is 4.90 Å². The van der Waals surface area contributed by atoms with Crippen LogP contribution in [0.3, 0.4) is 0 Å². The average Bonchev–Trinajstić information content (AvgIpc) is 2.94. The molecule has 1 N–H and O–H groups in total. The van der Waals surface area contributed by atoms with E-state index in [1.54, 1.807) is 6.07 Å². The molecule has 4 nitrogen and oxygen atoms in total. The first-order chi connectivity index (χ1) is 10.9. The Labute approximate surface area is 133 Å². The van der Waals surface area contributed by atoms with E-state index in [1.807, 2.05) is 0 Å². The molecule has 1 heterocycles. The maximum absolute atomic E-state index is 14.6. The summed E-state index contributed by atoms with van der Waals surface area (Å²) in [5, 5.41) is 9.38. The van der Waals surface area contributed by atoms with Crippen LogP contribution < -0.4 is 0 Å². The highest BCUT2D eigenvalue weighted by Gasteiger charge is 2.54. The third-order valence-electron chi connectivity index (χ3n) is 5.01. The van der Waals surface area contributed by atoms with Gasteiger partial charge in [-0.25, -0.2) is 4.79 Å². The molecule has 0 spiro atoms. The SMILES string of the molecule is O=C(O)C1CC2CCCCC2N1C(=O)C(F)(F)c1ccccc1. The van der Waals surface area contributed by atoms with Gasteiger partial charge < -0.3 is 10.0 Å². The number of carboxylic acid groups (broad SMARTS) is 1. The number of benzene rings is 1. The van der Waals surface area contributed by atoms with Crippen LogP contribution in [-0.4, -0.2) is 34.0 Å². The molecule has 3 unspecified atom stereocenters. The number of fused-ring (bicyclic) bond motifs is 1. The monoisotopic (exact) mass is 323 g/mol. The van der Waals surface area contributed by atoms with Gasteiger partial charge in [-0.15, -0.1) is 0 Å². The van der Waals surface area contributed by atoms with Gasteiger partial charge in [-0.3, -0.25) is 4.79 Å². The van der Waals surface area contributed by atoms with Gasteiger partial charge in [0.2, 0.25) is 0 Å². The van der Waals surface area contributed by atoms with Gasteiger partial charge in [-0.2, -0.15) is 8.78 Å². The van der Waals surface area contributed by atoms with E-state index in [4.69, 9.17) is 0 Å². The maximum Gasteiger partial charge on any atom is 0.349 e. The van der Waals surface area contributed by atoms with Crippen LogP contribution >= 0.6 is 0 Å². The molecule has 3 atom stereocenters. The molecule has 1 saturated heterocycles. The van der Waals surface area contributed by atoms with Crippen LogP contribution in [0.2, 0.25) is 0 Å². The van der Waals surface area contributed by atoms with E-state index in [2.05, 4.69) is 0 Å². The predicted octanol–water partition coefficient (Wildman–Crippen LogP) is 3.02. The van der Waals surface area contributed by atoms with E-state index in [0.717, 1.165) is 24.2 Å². The zero-order chi connectivity index (χ0) is 16.6. The fraction of sp³-hybridized carbons (Fsp3) is 0.529. The van der Waals surface area contributed by atoms with Crippen LogP contribution in [0.15, 0.2) is 30.3 Å². The second kappa shape index (κ2) is 5.91. The van der Waals surface area contributed by atoms with Crippen LogP contribution in [0, 0.1) is 5.92 Å². The van der Waals surface area contributed by atoms with Gasteiger partial charge in [-0.1, -0.05) is 43.2 Å². The normalized spacial score (nSPS) is 27.6. The maximum atomic E-state index is 14.6. The number of nitrogens with zero attached hydrogens (tertiary/aromatic N) is 1. The topological polar surface area (TPSA) is 57.6 Å². The summed E-state index contributed by atoms with van der Waals surface area (Å²) >= 11 is 0. The number of hydrogen-bond donors (Lipinski definition) is 1. The van der Waals surface area contributed by atoms with Crippen molar-refractivity contribution in [1.29, 1.82) is 0 Å². The lowest BCUT2D eigenvalue weighted by Crippen LogP contribution is -2.51. The molecule has 1 aromatic rings. The highest BCUT2D eigenvalue weighted by Crippen LogP contribution is 2.43. The first-order valence-corrected chi connectivity index (χ1v) is 7.92. The molecule has 23 heavy (non-hydrogen) atoms. The Hall–Kier alpha value is -1.98. The number of carbonyl (C=O) groups is 2. The molecule has 124 valence electrons. The number of likely N-dealkylation sites (tertiary alicyclic amines) is 1. The van der Waals surface area contributed by atoms with Gasteiger partial charge >= 0.3 is 11.9 Å². The third-order valence-corrected chi connectivity index (χ3v) is 5.01. The molecular formula is C17H19F2NO3. The molecule has 1 saturated carbocycles. The summed E-state index contributed by atoms with van der Waals surface area (Å²) in [6.45, 7) is 0. The first-order valence-electron chi connectivity index (χ1n) is 7.92. The van der Waals surface area contributed by atoms with E-state index in [-0.39, 0.29) is 18.4 Å². The smallest absolute Gasteiger partial charge is 0.349 e. The largest absolute Gasteiger partial charge is 0.480 e. The summed E-state index contributed by atoms with van der Waals surface area (Å²) in [4.78, 5) is 25.0. The van der Waals surface area contributed by atoms with E-state index in [0.29, 0.717) is 6.42 Å². The van der Waals surface area contributed by atoms with Gasteiger partial charge in [0.25, 0.3) is 5.91 Å². The molecule has 2 aliphatic rings. The number of alkyl halides is 2. The van der Waals surface area contributed by atoms with E-state index in [1.165, 1.54) is 24.3 Å². The third kappa shape index (κ3) is 2.71. The van der Waals surface area contributed by atoms with Crippen molar-refractivity contribution in [2.24, 2.45) is 5.92 Å². The van der Waals surface area contributed by atoms with Crippen LogP contribution in [0.4, 0.5) is 8.78 Å². The molecular weight excluding hydrogens is 304 g/mol. The van der Waals surface area contributed by atoms with Crippen molar-refractivity contribution in [2.75, 3.05) is 0 Å². The van der Waals surface area contributed by atoms with Crippen molar-refractivity contribution < 1.29 is 23.5 Å². The van der Waals surface area contributed by atoms with Gasteiger partial charge in [0.05, 0.1) is 0 Å². The van der Waals surface area contributed by atoms with Crippen LogP contribution in [0.1, 0.15) is 37.7 Å². The fourth-order valence-corrected chi connectivity index (χ4v) is 3.91. The van der Waals surface area contributed by atoms with Crippen molar-refractivity contribution in [3.8, 4) is 0 Å². The predicted molar refractivity (Wildman–Crippen MR) is 79.0 cm³/mol. The number of aliphatic carboxylic acids is 1.